The molecule has 66 valence electrons. The van der Waals surface area contributed by atoms with Crippen molar-refractivity contribution in [2.75, 3.05) is 6.54 Å². The van der Waals surface area contributed by atoms with Crippen LogP contribution in [0, 0.1) is 17.8 Å². The van der Waals surface area contributed by atoms with Crippen LogP contribution < -0.4 is 5.32 Å². The Kier molecular flexibility index (Phi) is 2.94. The van der Waals surface area contributed by atoms with Gasteiger partial charge < -0.3 is 5.32 Å². The van der Waals surface area contributed by atoms with Gasteiger partial charge in [0.25, 0.3) is 0 Å². The molecule has 1 aliphatic rings. The van der Waals surface area contributed by atoms with Crippen molar-refractivity contribution in [3.05, 3.63) is 0 Å². The summed E-state index contributed by atoms with van der Waals surface area (Å²) in [5.74, 6) is 2.58. The Balaban J connectivity index is 2.35. The molecule has 0 aromatic carbocycles. The zero-order valence-corrected chi connectivity index (χ0v) is 8.22. The van der Waals surface area contributed by atoms with E-state index in [2.05, 4.69) is 33.0 Å². The van der Waals surface area contributed by atoms with Crippen molar-refractivity contribution in [3.63, 3.8) is 0 Å². The molecule has 1 nitrogen and oxygen atoms in total. The summed E-state index contributed by atoms with van der Waals surface area (Å²) in [6.45, 7) is 10.5. The van der Waals surface area contributed by atoms with Gasteiger partial charge in [-0.25, -0.2) is 0 Å². The minimum Gasteiger partial charge on any atom is -0.313 e. The van der Waals surface area contributed by atoms with Crippen LogP contribution in [0.4, 0.5) is 0 Å². The van der Waals surface area contributed by atoms with Gasteiger partial charge in [-0.15, -0.1) is 0 Å². The predicted octanol–water partition coefficient (Wildman–Crippen LogP) is 2.28. The highest BCUT2D eigenvalue weighted by atomic mass is 15.0. The maximum absolute atomic E-state index is 3.59. The van der Waals surface area contributed by atoms with E-state index in [1.165, 1.54) is 13.0 Å². The highest BCUT2D eigenvalue weighted by Crippen LogP contribution is 2.25. The Bertz CT molecular complexity index is 104. The van der Waals surface area contributed by atoms with Crippen LogP contribution in [0.25, 0.3) is 0 Å². The minimum absolute atomic E-state index is 0.780. The van der Waals surface area contributed by atoms with Crippen molar-refractivity contribution < 1.29 is 0 Å². The monoisotopic (exact) mass is 155 g/mol. The molecule has 2 unspecified atom stereocenters. The van der Waals surface area contributed by atoms with Gasteiger partial charge in [0.2, 0.25) is 0 Å². The lowest BCUT2D eigenvalue weighted by molar-refractivity contribution is 0.387. The first kappa shape index (κ1) is 9.05. The van der Waals surface area contributed by atoms with E-state index in [0.29, 0.717) is 0 Å². The molecule has 0 amide bonds. The van der Waals surface area contributed by atoms with Crippen molar-refractivity contribution in [3.8, 4) is 0 Å². The Hall–Kier alpha value is -0.0400. The second-order valence-electron chi connectivity index (χ2n) is 4.50. The van der Waals surface area contributed by atoms with Crippen LogP contribution in [0.5, 0.6) is 0 Å². The molecule has 0 bridgehead atoms. The number of hydrogen-bond donors (Lipinski definition) is 1. The SMILES string of the molecule is CC(C)C1CNC(C(C)C)C1. The molecule has 0 aliphatic carbocycles. The molecule has 0 radical (unpaired) electrons. The van der Waals surface area contributed by atoms with Crippen molar-refractivity contribution in [1.82, 2.24) is 5.32 Å². The summed E-state index contributed by atoms with van der Waals surface area (Å²) in [4.78, 5) is 0. The predicted molar refractivity (Wildman–Crippen MR) is 49.6 cm³/mol. The topological polar surface area (TPSA) is 12.0 Å². The molecular weight excluding hydrogens is 134 g/mol. The third kappa shape index (κ3) is 2.19. The highest BCUT2D eigenvalue weighted by molar-refractivity contribution is 4.84. The maximum atomic E-state index is 3.59. The Morgan fingerprint density at radius 2 is 1.73 bits per heavy atom. The second-order valence-corrected chi connectivity index (χ2v) is 4.50. The smallest absolute Gasteiger partial charge is 0.00933 e. The standard InChI is InChI=1S/C10H21N/c1-7(2)9-5-10(8(3)4)11-6-9/h7-11H,5-6H2,1-4H3. The van der Waals surface area contributed by atoms with E-state index < -0.39 is 0 Å². The molecule has 0 aromatic heterocycles. The van der Waals surface area contributed by atoms with Crippen LogP contribution in [-0.2, 0) is 0 Å². The lowest BCUT2D eigenvalue weighted by atomic mass is 9.90. The van der Waals surface area contributed by atoms with E-state index in [0.717, 1.165) is 23.8 Å². The van der Waals surface area contributed by atoms with Gasteiger partial charge in [-0.05, 0) is 30.7 Å². The van der Waals surface area contributed by atoms with Crippen LogP contribution >= 0.6 is 0 Å². The lowest BCUT2D eigenvalue weighted by Crippen LogP contribution is -2.26. The molecule has 1 fully saturated rings. The van der Waals surface area contributed by atoms with E-state index in [-0.39, 0.29) is 0 Å². The Morgan fingerprint density at radius 1 is 1.09 bits per heavy atom. The van der Waals surface area contributed by atoms with Gasteiger partial charge in [-0.2, -0.15) is 0 Å². The van der Waals surface area contributed by atoms with E-state index in [9.17, 15) is 0 Å². The summed E-state index contributed by atoms with van der Waals surface area (Å²) >= 11 is 0. The van der Waals surface area contributed by atoms with Crippen LogP contribution in [0.15, 0.2) is 0 Å². The van der Waals surface area contributed by atoms with Crippen LogP contribution in [0.1, 0.15) is 34.1 Å². The van der Waals surface area contributed by atoms with Gasteiger partial charge in [0.1, 0.15) is 0 Å². The number of hydrogen-bond acceptors (Lipinski definition) is 1. The summed E-state index contributed by atoms with van der Waals surface area (Å²) in [5, 5.41) is 3.59. The molecular formula is C10H21N. The molecule has 1 rings (SSSR count). The normalized spacial score (nSPS) is 32.2. The largest absolute Gasteiger partial charge is 0.313 e. The first-order chi connectivity index (χ1) is 5.11. The maximum Gasteiger partial charge on any atom is 0.00933 e. The Labute approximate surface area is 70.6 Å². The zero-order chi connectivity index (χ0) is 8.43. The second kappa shape index (κ2) is 3.57. The van der Waals surface area contributed by atoms with E-state index in [1.54, 1.807) is 0 Å². The van der Waals surface area contributed by atoms with Gasteiger partial charge in [-0.3, -0.25) is 0 Å². The molecule has 1 heteroatoms. The highest BCUT2D eigenvalue weighted by Gasteiger charge is 2.27. The fraction of sp³-hybridized carbons (Fsp3) is 1.00. The first-order valence-corrected chi connectivity index (χ1v) is 4.84. The molecule has 1 heterocycles. The van der Waals surface area contributed by atoms with Gasteiger partial charge in [0.05, 0.1) is 0 Å². The molecule has 1 aliphatic heterocycles. The molecule has 11 heavy (non-hydrogen) atoms. The summed E-state index contributed by atoms with van der Waals surface area (Å²) < 4.78 is 0. The number of nitrogens with one attached hydrogen (secondary N) is 1. The van der Waals surface area contributed by atoms with E-state index in [1.807, 2.05) is 0 Å². The van der Waals surface area contributed by atoms with E-state index in [4.69, 9.17) is 0 Å². The summed E-state index contributed by atoms with van der Waals surface area (Å²) in [5.41, 5.74) is 0. The fourth-order valence-electron chi connectivity index (χ4n) is 1.81. The molecule has 0 aromatic rings. The van der Waals surface area contributed by atoms with Gasteiger partial charge in [0.15, 0.2) is 0 Å². The molecule has 0 spiro atoms. The van der Waals surface area contributed by atoms with Crippen molar-refractivity contribution in [1.29, 1.82) is 0 Å². The van der Waals surface area contributed by atoms with Crippen molar-refractivity contribution in [2.24, 2.45) is 17.8 Å². The third-order valence-electron chi connectivity index (χ3n) is 2.95. The van der Waals surface area contributed by atoms with Gasteiger partial charge in [0, 0.05) is 6.04 Å². The quantitative estimate of drug-likeness (QED) is 0.645. The van der Waals surface area contributed by atoms with Gasteiger partial charge in [-0.1, -0.05) is 27.7 Å². The fourth-order valence-corrected chi connectivity index (χ4v) is 1.81. The lowest BCUT2D eigenvalue weighted by Gasteiger charge is -2.15. The average molecular weight is 155 g/mol. The van der Waals surface area contributed by atoms with Crippen LogP contribution in [0.3, 0.4) is 0 Å². The Morgan fingerprint density at radius 3 is 2.00 bits per heavy atom. The van der Waals surface area contributed by atoms with Crippen molar-refractivity contribution >= 4 is 0 Å². The molecule has 1 N–H and O–H groups in total. The molecule has 0 saturated carbocycles. The first-order valence-electron chi connectivity index (χ1n) is 4.84. The average Bonchev–Trinajstić information content (AvgIpc) is 2.33. The van der Waals surface area contributed by atoms with E-state index >= 15 is 0 Å². The summed E-state index contributed by atoms with van der Waals surface area (Å²) in [6.07, 6.45) is 1.38. The summed E-state index contributed by atoms with van der Waals surface area (Å²) in [6, 6.07) is 0.780. The summed E-state index contributed by atoms with van der Waals surface area (Å²) in [7, 11) is 0. The van der Waals surface area contributed by atoms with Crippen LogP contribution in [0.2, 0.25) is 0 Å². The van der Waals surface area contributed by atoms with Gasteiger partial charge >= 0.3 is 0 Å². The third-order valence-corrected chi connectivity index (χ3v) is 2.95. The van der Waals surface area contributed by atoms with Crippen LogP contribution in [-0.4, -0.2) is 12.6 Å². The zero-order valence-electron chi connectivity index (χ0n) is 8.22. The molecule has 1 saturated heterocycles. The number of rotatable bonds is 2. The van der Waals surface area contributed by atoms with Crippen molar-refractivity contribution in [2.45, 2.75) is 40.2 Å². The minimum atomic E-state index is 0.780. The molecule has 2 atom stereocenters.